The number of non-ortho nitro benzene ring substituents is 1. The minimum atomic E-state index is -0.924. The van der Waals surface area contributed by atoms with Crippen LogP contribution in [0.2, 0.25) is 0 Å². The van der Waals surface area contributed by atoms with Crippen molar-refractivity contribution in [2.24, 2.45) is 15.9 Å². The van der Waals surface area contributed by atoms with Gasteiger partial charge in [-0.15, -0.1) is 5.10 Å². The molecule has 0 amide bonds. The van der Waals surface area contributed by atoms with Gasteiger partial charge < -0.3 is 10.8 Å². The SMILES string of the molecule is NC(=NN=Cc1cc([N+](=O)[O-])cc([N+](=O)[O-])c1O)SCc1ccccc1. The monoisotopic (exact) mass is 375 g/mol. The summed E-state index contributed by atoms with van der Waals surface area (Å²) in [5.41, 5.74) is 5.18. The number of nitrogens with zero attached hydrogens (tertiary/aromatic N) is 4. The number of phenolic OH excluding ortho intramolecular Hbond substituents is 1. The Morgan fingerprint density at radius 3 is 2.50 bits per heavy atom. The summed E-state index contributed by atoms with van der Waals surface area (Å²) in [6.07, 6.45) is 0.964. The van der Waals surface area contributed by atoms with Crippen molar-refractivity contribution >= 4 is 34.5 Å². The van der Waals surface area contributed by atoms with Gasteiger partial charge in [-0.05, 0) is 5.56 Å². The van der Waals surface area contributed by atoms with Crippen LogP contribution in [0.4, 0.5) is 11.4 Å². The molecule has 0 heterocycles. The Morgan fingerprint density at radius 2 is 1.88 bits per heavy atom. The Balaban J connectivity index is 2.15. The number of thioether (sulfide) groups is 1. The Hall–Kier alpha value is -3.47. The number of nitro benzene ring substituents is 2. The van der Waals surface area contributed by atoms with Crippen LogP contribution in [0.15, 0.2) is 52.7 Å². The first kappa shape index (κ1) is 18.9. The fraction of sp³-hybridized carbons (Fsp3) is 0.0667. The zero-order valence-corrected chi connectivity index (χ0v) is 14.0. The number of hydrogen-bond acceptors (Lipinski definition) is 8. The van der Waals surface area contributed by atoms with Gasteiger partial charge in [-0.1, -0.05) is 42.1 Å². The third-order valence-corrected chi connectivity index (χ3v) is 3.95. The molecule has 26 heavy (non-hydrogen) atoms. The van der Waals surface area contributed by atoms with E-state index in [-0.39, 0.29) is 10.7 Å². The second kappa shape index (κ2) is 8.58. The first-order valence-corrected chi connectivity index (χ1v) is 8.06. The molecule has 0 radical (unpaired) electrons. The summed E-state index contributed by atoms with van der Waals surface area (Å²) < 4.78 is 0. The molecule has 0 saturated carbocycles. The number of phenols is 1. The molecule has 11 heteroatoms. The largest absolute Gasteiger partial charge is 0.502 e. The molecule has 0 spiro atoms. The second-order valence-electron chi connectivity index (χ2n) is 4.87. The van der Waals surface area contributed by atoms with Gasteiger partial charge in [0.05, 0.1) is 27.7 Å². The lowest BCUT2D eigenvalue weighted by Crippen LogP contribution is -2.06. The number of nitrogens with two attached hydrogens (primary N) is 1. The minimum Gasteiger partial charge on any atom is -0.502 e. The first-order chi connectivity index (χ1) is 12.4. The van der Waals surface area contributed by atoms with Crippen molar-refractivity contribution in [2.45, 2.75) is 5.75 Å². The van der Waals surface area contributed by atoms with Crippen LogP contribution in [0.3, 0.4) is 0 Å². The van der Waals surface area contributed by atoms with Gasteiger partial charge in [-0.3, -0.25) is 20.2 Å². The summed E-state index contributed by atoms with van der Waals surface area (Å²) in [6.45, 7) is 0. The maximum atomic E-state index is 10.9. The maximum absolute atomic E-state index is 10.9. The third kappa shape index (κ3) is 5.01. The van der Waals surface area contributed by atoms with Gasteiger partial charge >= 0.3 is 5.69 Å². The van der Waals surface area contributed by atoms with E-state index in [0.717, 1.165) is 17.8 Å². The van der Waals surface area contributed by atoms with Crippen LogP contribution in [-0.2, 0) is 5.75 Å². The highest BCUT2D eigenvalue weighted by Crippen LogP contribution is 2.33. The highest BCUT2D eigenvalue weighted by Gasteiger charge is 2.22. The van der Waals surface area contributed by atoms with E-state index in [1.54, 1.807) is 0 Å². The number of benzene rings is 2. The van der Waals surface area contributed by atoms with Gasteiger partial charge in [0, 0.05) is 11.8 Å². The molecule has 2 aromatic rings. The van der Waals surface area contributed by atoms with Gasteiger partial charge in [0.15, 0.2) is 5.17 Å². The molecular weight excluding hydrogens is 362 g/mol. The lowest BCUT2D eigenvalue weighted by molar-refractivity contribution is -0.394. The van der Waals surface area contributed by atoms with Crippen molar-refractivity contribution in [3.05, 3.63) is 73.8 Å². The van der Waals surface area contributed by atoms with E-state index in [4.69, 9.17) is 5.73 Å². The van der Waals surface area contributed by atoms with Crippen molar-refractivity contribution in [1.82, 2.24) is 0 Å². The average molecular weight is 375 g/mol. The van der Waals surface area contributed by atoms with Crippen LogP contribution in [0.1, 0.15) is 11.1 Å². The molecule has 0 saturated heterocycles. The fourth-order valence-corrected chi connectivity index (χ4v) is 2.49. The van der Waals surface area contributed by atoms with Gasteiger partial charge in [0.1, 0.15) is 0 Å². The second-order valence-corrected chi connectivity index (χ2v) is 5.87. The predicted molar refractivity (Wildman–Crippen MR) is 98.4 cm³/mol. The lowest BCUT2D eigenvalue weighted by atomic mass is 10.1. The maximum Gasteiger partial charge on any atom is 0.318 e. The quantitative estimate of drug-likeness (QED) is 0.340. The fourth-order valence-electron chi connectivity index (χ4n) is 1.88. The molecule has 0 aromatic heterocycles. The molecule has 0 bridgehead atoms. The van der Waals surface area contributed by atoms with Crippen LogP contribution in [0, 0.1) is 20.2 Å². The van der Waals surface area contributed by atoms with E-state index in [2.05, 4.69) is 10.2 Å². The molecule has 0 fully saturated rings. The van der Waals surface area contributed by atoms with Crippen LogP contribution in [-0.4, -0.2) is 26.3 Å². The number of rotatable bonds is 6. The highest BCUT2D eigenvalue weighted by molar-refractivity contribution is 8.13. The van der Waals surface area contributed by atoms with Gasteiger partial charge in [-0.25, -0.2) is 0 Å². The molecular formula is C15H13N5O5S. The van der Waals surface area contributed by atoms with Crippen LogP contribution in [0.5, 0.6) is 5.75 Å². The lowest BCUT2D eigenvalue weighted by Gasteiger charge is -2.01. The zero-order chi connectivity index (χ0) is 19.1. The molecule has 0 unspecified atom stereocenters. The standard InChI is InChI=1S/C15H13N5O5S/c16-15(26-9-10-4-2-1-3-5-10)18-17-8-11-6-12(19(22)23)7-13(14(11)21)20(24)25/h1-8,21H,9H2,(H2,16,18). The van der Waals surface area contributed by atoms with E-state index in [1.807, 2.05) is 30.3 Å². The van der Waals surface area contributed by atoms with Crippen molar-refractivity contribution in [3.63, 3.8) is 0 Å². The summed E-state index contributed by atoms with van der Waals surface area (Å²) in [5.74, 6) is -0.172. The van der Waals surface area contributed by atoms with E-state index in [9.17, 15) is 25.3 Å². The van der Waals surface area contributed by atoms with Gasteiger partial charge in [0.2, 0.25) is 5.75 Å². The van der Waals surface area contributed by atoms with E-state index in [1.165, 1.54) is 11.8 Å². The molecule has 134 valence electrons. The molecule has 2 aromatic carbocycles. The summed E-state index contributed by atoms with van der Waals surface area (Å²) in [6, 6.07) is 11.1. The van der Waals surface area contributed by atoms with E-state index in [0.29, 0.717) is 11.8 Å². The van der Waals surface area contributed by atoms with Crippen LogP contribution < -0.4 is 5.73 Å². The van der Waals surface area contributed by atoms with E-state index >= 15 is 0 Å². The molecule has 0 aliphatic carbocycles. The van der Waals surface area contributed by atoms with Gasteiger partial charge in [0.25, 0.3) is 5.69 Å². The van der Waals surface area contributed by atoms with Gasteiger partial charge in [-0.2, -0.15) is 5.10 Å². The van der Waals surface area contributed by atoms with Crippen LogP contribution >= 0.6 is 11.8 Å². The minimum absolute atomic E-state index is 0.129. The first-order valence-electron chi connectivity index (χ1n) is 7.07. The molecule has 0 atom stereocenters. The predicted octanol–water partition coefficient (Wildman–Crippen LogP) is 2.79. The molecule has 10 nitrogen and oxygen atoms in total. The summed E-state index contributed by atoms with van der Waals surface area (Å²) in [4.78, 5) is 20.0. The number of amidine groups is 1. The van der Waals surface area contributed by atoms with E-state index < -0.39 is 27.0 Å². The van der Waals surface area contributed by atoms with Crippen molar-refractivity contribution in [1.29, 1.82) is 0 Å². The van der Waals surface area contributed by atoms with Crippen molar-refractivity contribution in [3.8, 4) is 5.75 Å². The normalized spacial score (nSPS) is 11.6. The third-order valence-electron chi connectivity index (χ3n) is 3.09. The zero-order valence-electron chi connectivity index (χ0n) is 13.2. The Bertz CT molecular complexity index is 885. The molecule has 0 aliphatic rings. The molecule has 2 rings (SSSR count). The topological polar surface area (TPSA) is 157 Å². The average Bonchev–Trinajstić information content (AvgIpc) is 2.61. The Labute approximate surface area is 151 Å². The van der Waals surface area contributed by atoms with Crippen molar-refractivity contribution in [2.75, 3.05) is 0 Å². The number of nitro groups is 2. The highest BCUT2D eigenvalue weighted by atomic mass is 32.2. The smallest absolute Gasteiger partial charge is 0.318 e. The molecule has 3 N–H and O–H groups in total. The summed E-state index contributed by atoms with van der Waals surface area (Å²) in [5, 5.41) is 39.0. The Kier molecular flexibility index (Phi) is 6.22. The molecule has 0 aliphatic heterocycles. The van der Waals surface area contributed by atoms with Crippen molar-refractivity contribution < 1.29 is 15.0 Å². The number of hydrogen-bond donors (Lipinski definition) is 2. The number of aromatic hydroxyl groups is 1. The summed E-state index contributed by atoms with van der Waals surface area (Å²) in [7, 11) is 0. The summed E-state index contributed by atoms with van der Waals surface area (Å²) >= 11 is 1.22. The van der Waals surface area contributed by atoms with Crippen LogP contribution in [0.25, 0.3) is 0 Å². The Morgan fingerprint density at radius 1 is 1.19 bits per heavy atom.